The Balaban J connectivity index is 1.44. The van der Waals surface area contributed by atoms with Crippen molar-refractivity contribution in [2.45, 2.75) is 76.4 Å². The summed E-state index contributed by atoms with van der Waals surface area (Å²) >= 11 is 0. The Morgan fingerprint density at radius 2 is 1.96 bits per heavy atom. The smallest absolute Gasteiger partial charge is 0.227 e. The zero-order valence-electron chi connectivity index (χ0n) is 16.5. The second-order valence-corrected chi connectivity index (χ2v) is 9.96. The fourth-order valence-electron chi connectivity index (χ4n) is 6.82. The Labute approximate surface area is 161 Å². The van der Waals surface area contributed by atoms with E-state index in [0.717, 1.165) is 38.9 Å². The van der Waals surface area contributed by atoms with Crippen LogP contribution in [0.1, 0.15) is 46.0 Å². The topological polar surface area (TPSA) is 68.4 Å². The van der Waals surface area contributed by atoms with E-state index in [0.29, 0.717) is 42.8 Å². The lowest BCUT2D eigenvalue weighted by Gasteiger charge is -2.44. The molecule has 4 aliphatic heterocycles. The average Bonchev–Trinajstić information content (AvgIpc) is 3.32. The summed E-state index contributed by atoms with van der Waals surface area (Å²) in [5.74, 6) is 1.37. The van der Waals surface area contributed by atoms with E-state index < -0.39 is 6.17 Å². The largest absolute Gasteiger partial charge is 0.340 e. The van der Waals surface area contributed by atoms with Crippen LogP contribution < -0.4 is 21.4 Å². The summed E-state index contributed by atoms with van der Waals surface area (Å²) in [4.78, 5) is 12.6. The maximum absolute atomic E-state index is 14.3. The normalized spacial score (nSPS) is 49.7. The van der Waals surface area contributed by atoms with Crippen LogP contribution >= 0.6 is 0 Å². The monoisotopic (exact) mass is 379 g/mol. The zero-order chi connectivity index (χ0) is 18.8. The number of hydrogen-bond acceptors (Lipinski definition) is 5. The number of carbonyl (C=O) groups excluding carboxylic acids is 1. The number of halogens is 1. The molecule has 152 valence electrons. The molecular weight excluding hydrogens is 345 g/mol. The van der Waals surface area contributed by atoms with Crippen LogP contribution in [0.2, 0.25) is 0 Å². The number of hydrazine groups is 1. The fraction of sp³-hybridized carbons (Fsp3) is 0.950. The minimum atomic E-state index is -0.671. The van der Waals surface area contributed by atoms with Crippen molar-refractivity contribution >= 4 is 5.91 Å². The van der Waals surface area contributed by atoms with Crippen LogP contribution in [0.15, 0.2) is 0 Å². The van der Waals surface area contributed by atoms with Crippen molar-refractivity contribution < 1.29 is 9.18 Å². The van der Waals surface area contributed by atoms with Crippen LogP contribution in [0.4, 0.5) is 4.39 Å². The molecule has 4 heterocycles. The number of nitrogens with one attached hydrogen (secondary N) is 4. The third-order valence-corrected chi connectivity index (χ3v) is 8.18. The van der Waals surface area contributed by atoms with Gasteiger partial charge in [-0.25, -0.2) is 9.40 Å². The number of rotatable bonds is 2. The molecule has 6 nitrogen and oxygen atoms in total. The molecule has 0 aromatic heterocycles. The number of hydrogen-bond donors (Lipinski definition) is 4. The quantitative estimate of drug-likeness (QED) is 0.570. The standard InChI is InChI=1S/C20H34FN5O/c1-20(2)16-14(6-8-23-18(16)24-19(20)27)17-13-4-3-11(21)9-15(13)26(25-17)12-5-7-22-10-12/h11-18,22-23,25H,3-10H2,1-2H3,(H,24,27)/t11?,12-,13?,14?,15?,16?,17?,18?/m0/s1. The van der Waals surface area contributed by atoms with Gasteiger partial charge in [-0.3, -0.25) is 15.5 Å². The maximum Gasteiger partial charge on any atom is 0.227 e. The molecule has 27 heavy (non-hydrogen) atoms. The molecule has 5 aliphatic rings. The third kappa shape index (κ3) is 2.84. The minimum Gasteiger partial charge on any atom is -0.340 e. The predicted molar refractivity (Wildman–Crippen MR) is 101 cm³/mol. The van der Waals surface area contributed by atoms with Crippen molar-refractivity contribution in [2.24, 2.45) is 23.2 Å². The summed E-state index contributed by atoms with van der Waals surface area (Å²) in [6.07, 6.45) is 3.92. The minimum absolute atomic E-state index is 0.0752. The van der Waals surface area contributed by atoms with E-state index in [1.54, 1.807) is 0 Å². The zero-order valence-corrected chi connectivity index (χ0v) is 16.5. The highest BCUT2D eigenvalue weighted by Crippen LogP contribution is 2.49. The molecule has 0 radical (unpaired) electrons. The summed E-state index contributed by atoms with van der Waals surface area (Å²) in [5.41, 5.74) is 3.53. The van der Waals surface area contributed by atoms with Gasteiger partial charge in [-0.15, -0.1) is 0 Å². The van der Waals surface area contributed by atoms with Crippen LogP contribution in [-0.2, 0) is 4.79 Å². The number of carbonyl (C=O) groups is 1. The summed E-state index contributed by atoms with van der Waals surface area (Å²) in [5, 5.41) is 12.6. The molecule has 4 saturated heterocycles. The summed E-state index contributed by atoms with van der Waals surface area (Å²) < 4.78 is 14.3. The first-order valence-electron chi connectivity index (χ1n) is 10.9. The van der Waals surface area contributed by atoms with E-state index in [1.165, 1.54) is 0 Å². The molecule has 0 spiro atoms. The molecule has 4 N–H and O–H groups in total. The lowest BCUT2D eigenvalue weighted by atomic mass is 9.64. The van der Waals surface area contributed by atoms with Crippen molar-refractivity contribution in [2.75, 3.05) is 19.6 Å². The van der Waals surface area contributed by atoms with Gasteiger partial charge < -0.3 is 10.6 Å². The Bertz CT molecular complexity index is 595. The Morgan fingerprint density at radius 1 is 1.11 bits per heavy atom. The molecule has 5 fully saturated rings. The number of piperidine rings is 1. The molecule has 8 atom stereocenters. The molecule has 7 unspecified atom stereocenters. The van der Waals surface area contributed by atoms with Gasteiger partial charge in [0.05, 0.1) is 6.17 Å². The van der Waals surface area contributed by atoms with Gasteiger partial charge in [0.2, 0.25) is 5.91 Å². The number of alkyl halides is 1. The molecule has 7 heteroatoms. The Morgan fingerprint density at radius 3 is 2.74 bits per heavy atom. The van der Waals surface area contributed by atoms with Crippen LogP contribution in [0, 0.1) is 23.2 Å². The fourth-order valence-corrected chi connectivity index (χ4v) is 6.82. The van der Waals surface area contributed by atoms with E-state index in [4.69, 9.17) is 0 Å². The van der Waals surface area contributed by atoms with Gasteiger partial charge in [-0.2, -0.15) is 0 Å². The highest BCUT2D eigenvalue weighted by molar-refractivity contribution is 5.85. The van der Waals surface area contributed by atoms with Crippen LogP contribution in [0.3, 0.4) is 0 Å². The van der Waals surface area contributed by atoms with Gasteiger partial charge >= 0.3 is 0 Å². The number of fused-ring (bicyclic) bond motifs is 2. The molecule has 1 saturated carbocycles. The van der Waals surface area contributed by atoms with Crippen molar-refractivity contribution in [1.29, 1.82) is 0 Å². The van der Waals surface area contributed by atoms with Crippen LogP contribution in [0.5, 0.6) is 0 Å². The van der Waals surface area contributed by atoms with Gasteiger partial charge in [0, 0.05) is 36.0 Å². The van der Waals surface area contributed by atoms with Crippen molar-refractivity contribution in [3.8, 4) is 0 Å². The van der Waals surface area contributed by atoms with Crippen LogP contribution in [-0.4, -0.2) is 61.0 Å². The lowest BCUT2D eigenvalue weighted by Crippen LogP contribution is -2.57. The molecule has 0 aromatic carbocycles. The predicted octanol–water partition coefficient (Wildman–Crippen LogP) is 0.752. The van der Waals surface area contributed by atoms with E-state index in [9.17, 15) is 9.18 Å². The van der Waals surface area contributed by atoms with E-state index in [1.807, 2.05) is 0 Å². The Kier molecular flexibility index (Phi) is 4.50. The summed E-state index contributed by atoms with van der Waals surface area (Å²) in [7, 11) is 0. The first kappa shape index (κ1) is 18.3. The van der Waals surface area contributed by atoms with E-state index in [-0.39, 0.29) is 23.4 Å². The third-order valence-electron chi connectivity index (χ3n) is 8.18. The van der Waals surface area contributed by atoms with Gasteiger partial charge in [0.15, 0.2) is 0 Å². The average molecular weight is 380 g/mol. The van der Waals surface area contributed by atoms with Crippen LogP contribution in [0.25, 0.3) is 0 Å². The highest BCUT2D eigenvalue weighted by atomic mass is 19.1. The van der Waals surface area contributed by atoms with E-state index in [2.05, 4.69) is 40.2 Å². The summed E-state index contributed by atoms with van der Waals surface area (Å²) in [6.45, 7) is 7.17. The first-order chi connectivity index (χ1) is 13.0. The first-order valence-corrected chi connectivity index (χ1v) is 10.9. The molecule has 5 rings (SSSR count). The van der Waals surface area contributed by atoms with Gasteiger partial charge in [-0.05, 0) is 57.0 Å². The van der Waals surface area contributed by atoms with Gasteiger partial charge in [0.1, 0.15) is 6.17 Å². The Hall–Kier alpha value is -0.760. The number of amides is 1. The highest BCUT2D eigenvalue weighted by Gasteiger charge is 2.58. The molecule has 1 amide bonds. The molecule has 0 bridgehead atoms. The molecule has 0 aromatic rings. The van der Waals surface area contributed by atoms with Gasteiger partial charge in [0.25, 0.3) is 0 Å². The molecule has 1 aliphatic carbocycles. The number of nitrogens with zero attached hydrogens (tertiary/aromatic N) is 1. The van der Waals surface area contributed by atoms with Gasteiger partial charge in [-0.1, -0.05) is 13.8 Å². The molecular formula is C20H34FN5O. The second-order valence-electron chi connectivity index (χ2n) is 9.96. The second kappa shape index (κ2) is 6.65. The van der Waals surface area contributed by atoms with Crippen molar-refractivity contribution in [1.82, 2.24) is 26.4 Å². The van der Waals surface area contributed by atoms with Crippen molar-refractivity contribution in [3.63, 3.8) is 0 Å². The SMILES string of the molecule is CC1(C)C(=O)NC2NCCC(C3NN([C@H]4CCNC4)C4CC(F)CCC34)C21. The maximum atomic E-state index is 14.3. The van der Waals surface area contributed by atoms with Crippen molar-refractivity contribution in [3.05, 3.63) is 0 Å². The summed E-state index contributed by atoms with van der Waals surface area (Å²) in [6, 6.07) is 1.11. The lowest BCUT2D eigenvalue weighted by molar-refractivity contribution is -0.127. The van der Waals surface area contributed by atoms with E-state index >= 15 is 0 Å².